The fourth-order valence-electron chi connectivity index (χ4n) is 1.54. The Balaban J connectivity index is 2.24. The van der Waals surface area contributed by atoms with Crippen LogP contribution >= 0.6 is 0 Å². The number of anilines is 1. The monoisotopic (exact) mass is 231 g/mol. The molecule has 0 aliphatic rings. The largest absolute Gasteiger partial charge is 0.383 e. The van der Waals surface area contributed by atoms with Crippen molar-refractivity contribution >= 4 is 11.7 Å². The van der Waals surface area contributed by atoms with Gasteiger partial charge in [0.15, 0.2) is 5.69 Å². The van der Waals surface area contributed by atoms with E-state index in [9.17, 15) is 4.79 Å². The van der Waals surface area contributed by atoms with Gasteiger partial charge in [0.1, 0.15) is 5.82 Å². The highest BCUT2D eigenvalue weighted by Crippen LogP contribution is 2.12. The summed E-state index contributed by atoms with van der Waals surface area (Å²) < 4.78 is 1.69. The molecule has 0 radical (unpaired) electrons. The maximum atomic E-state index is 11.3. The Kier molecular flexibility index (Phi) is 3.06. The number of nitrogen functional groups attached to an aromatic ring is 2. The van der Waals surface area contributed by atoms with Gasteiger partial charge in [-0.25, -0.2) is 10.8 Å². The van der Waals surface area contributed by atoms with Gasteiger partial charge in [0, 0.05) is 0 Å². The van der Waals surface area contributed by atoms with E-state index in [-0.39, 0.29) is 5.69 Å². The third-order valence-electron chi connectivity index (χ3n) is 2.42. The average molecular weight is 231 g/mol. The topological polar surface area (TPSA) is 99.0 Å². The van der Waals surface area contributed by atoms with Gasteiger partial charge < -0.3 is 10.3 Å². The zero-order valence-electron chi connectivity index (χ0n) is 9.13. The van der Waals surface area contributed by atoms with E-state index in [0.29, 0.717) is 12.4 Å². The van der Waals surface area contributed by atoms with Gasteiger partial charge in [-0.2, -0.15) is 0 Å². The summed E-state index contributed by atoms with van der Waals surface area (Å²) in [5, 5.41) is 0. The molecule has 6 nitrogen and oxygen atoms in total. The summed E-state index contributed by atoms with van der Waals surface area (Å²) >= 11 is 0. The summed E-state index contributed by atoms with van der Waals surface area (Å²) in [5.41, 5.74) is 9.04. The maximum absolute atomic E-state index is 11.3. The Morgan fingerprint density at radius 1 is 1.35 bits per heavy atom. The molecule has 2 aromatic rings. The quantitative estimate of drug-likeness (QED) is 0.397. The van der Waals surface area contributed by atoms with E-state index in [0.717, 1.165) is 5.56 Å². The van der Waals surface area contributed by atoms with E-state index in [2.05, 4.69) is 4.98 Å². The smallest absolute Gasteiger partial charge is 0.287 e. The minimum absolute atomic E-state index is 0.142. The Labute approximate surface area is 98.2 Å². The molecule has 5 N–H and O–H groups in total. The highest BCUT2D eigenvalue weighted by atomic mass is 16.2. The molecule has 1 amide bonds. The predicted octanol–water partition coefficient (Wildman–Crippen LogP) is 0.117. The van der Waals surface area contributed by atoms with E-state index in [1.165, 1.54) is 6.33 Å². The first kappa shape index (κ1) is 11.2. The molecule has 88 valence electrons. The molecule has 0 bridgehead atoms. The second kappa shape index (κ2) is 4.67. The Morgan fingerprint density at radius 2 is 2.06 bits per heavy atom. The molecule has 0 spiro atoms. The molecule has 1 aromatic carbocycles. The summed E-state index contributed by atoms with van der Waals surface area (Å²) in [5.74, 6) is 4.84. The zero-order chi connectivity index (χ0) is 12.3. The summed E-state index contributed by atoms with van der Waals surface area (Å²) in [6, 6.07) is 9.77. The van der Waals surface area contributed by atoms with Gasteiger partial charge in [-0.1, -0.05) is 30.3 Å². The third-order valence-corrected chi connectivity index (χ3v) is 2.42. The van der Waals surface area contributed by atoms with Crippen LogP contribution in [0, 0.1) is 0 Å². The second-order valence-corrected chi connectivity index (χ2v) is 3.57. The number of benzene rings is 1. The number of carbonyl (C=O) groups is 1. The van der Waals surface area contributed by atoms with E-state index < -0.39 is 5.91 Å². The van der Waals surface area contributed by atoms with Gasteiger partial charge >= 0.3 is 0 Å². The molecule has 0 fully saturated rings. The lowest BCUT2D eigenvalue weighted by molar-refractivity contribution is 0.0950. The van der Waals surface area contributed by atoms with E-state index in [1.807, 2.05) is 35.8 Å². The van der Waals surface area contributed by atoms with Crippen molar-refractivity contribution in [2.24, 2.45) is 5.84 Å². The average Bonchev–Trinajstić information content (AvgIpc) is 2.72. The minimum atomic E-state index is -0.491. The Morgan fingerprint density at radius 3 is 2.71 bits per heavy atom. The first-order chi connectivity index (χ1) is 8.22. The fourth-order valence-corrected chi connectivity index (χ4v) is 1.54. The molecule has 0 aliphatic carbocycles. The van der Waals surface area contributed by atoms with Crippen LogP contribution in [0.3, 0.4) is 0 Å². The standard InChI is InChI=1S/C11H13N5O/c12-10-9(11(17)15-13)14-7-16(10)6-8-4-2-1-3-5-8/h1-5,7H,6,12-13H2,(H,15,17). The molecule has 0 atom stereocenters. The van der Waals surface area contributed by atoms with Gasteiger partial charge in [-0.3, -0.25) is 10.2 Å². The fraction of sp³-hybridized carbons (Fsp3) is 0.0909. The Bertz CT molecular complexity index is 520. The van der Waals surface area contributed by atoms with Crippen molar-refractivity contribution in [1.82, 2.24) is 15.0 Å². The predicted molar refractivity (Wildman–Crippen MR) is 63.8 cm³/mol. The number of nitrogens with zero attached hydrogens (tertiary/aromatic N) is 2. The Hall–Kier alpha value is -2.34. The number of aromatic nitrogens is 2. The molecule has 0 saturated carbocycles. The number of hydrogen-bond acceptors (Lipinski definition) is 4. The van der Waals surface area contributed by atoms with E-state index in [4.69, 9.17) is 11.6 Å². The number of rotatable bonds is 3. The van der Waals surface area contributed by atoms with Crippen LogP contribution in [-0.4, -0.2) is 15.5 Å². The van der Waals surface area contributed by atoms with Crippen LogP contribution < -0.4 is 17.0 Å². The number of nitrogens with one attached hydrogen (secondary N) is 1. The number of hydrazine groups is 1. The lowest BCUT2D eigenvalue weighted by atomic mass is 10.2. The maximum Gasteiger partial charge on any atom is 0.287 e. The summed E-state index contributed by atoms with van der Waals surface area (Å²) in [4.78, 5) is 15.2. The summed E-state index contributed by atoms with van der Waals surface area (Å²) in [6.45, 7) is 0.567. The van der Waals surface area contributed by atoms with E-state index in [1.54, 1.807) is 4.57 Å². The van der Waals surface area contributed by atoms with Crippen LogP contribution in [-0.2, 0) is 6.54 Å². The van der Waals surface area contributed by atoms with Gasteiger partial charge in [0.05, 0.1) is 12.9 Å². The van der Waals surface area contributed by atoms with Crippen molar-refractivity contribution in [2.75, 3.05) is 5.73 Å². The van der Waals surface area contributed by atoms with Gasteiger partial charge in [-0.15, -0.1) is 0 Å². The van der Waals surface area contributed by atoms with Crippen molar-refractivity contribution in [3.05, 3.63) is 47.9 Å². The molecule has 17 heavy (non-hydrogen) atoms. The number of amides is 1. The molecule has 0 saturated heterocycles. The molecule has 6 heteroatoms. The van der Waals surface area contributed by atoms with Crippen LogP contribution in [0.4, 0.5) is 5.82 Å². The van der Waals surface area contributed by atoms with Crippen LogP contribution in [0.15, 0.2) is 36.7 Å². The number of carbonyl (C=O) groups excluding carboxylic acids is 1. The van der Waals surface area contributed by atoms with Crippen molar-refractivity contribution in [2.45, 2.75) is 6.54 Å². The van der Waals surface area contributed by atoms with Gasteiger partial charge in [-0.05, 0) is 5.56 Å². The van der Waals surface area contributed by atoms with Crippen molar-refractivity contribution in [3.63, 3.8) is 0 Å². The van der Waals surface area contributed by atoms with E-state index >= 15 is 0 Å². The lowest BCUT2D eigenvalue weighted by Crippen LogP contribution is -2.31. The molecule has 0 aliphatic heterocycles. The number of hydrogen-bond donors (Lipinski definition) is 3. The van der Waals surface area contributed by atoms with Gasteiger partial charge in [0.2, 0.25) is 0 Å². The third kappa shape index (κ3) is 2.26. The normalized spacial score (nSPS) is 10.2. The minimum Gasteiger partial charge on any atom is -0.383 e. The van der Waals surface area contributed by atoms with Crippen LogP contribution in [0.2, 0.25) is 0 Å². The summed E-state index contributed by atoms with van der Waals surface area (Å²) in [6.07, 6.45) is 1.52. The van der Waals surface area contributed by atoms with Crippen molar-refractivity contribution < 1.29 is 4.79 Å². The molecular weight excluding hydrogens is 218 g/mol. The van der Waals surface area contributed by atoms with Crippen LogP contribution in [0.1, 0.15) is 16.1 Å². The van der Waals surface area contributed by atoms with Gasteiger partial charge in [0.25, 0.3) is 5.91 Å². The number of imidazole rings is 1. The molecule has 2 rings (SSSR count). The molecule has 1 heterocycles. The molecule has 0 unspecified atom stereocenters. The SMILES string of the molecule is NNC(=O)c1ncn(Cc2ccccc2)c1N. The molecule has 1 aromatic heterocycles. The first-order valence-electron chi connectivity index (χ1n) is 5.08. The lowest BCUT2D eigenvalue weighted by Gasteiger charge is -2.05. The zero-order valence-corrected chi connectivity index (χ0v) is 9.13. The highest BCUT2D eigenvalue weighted by Gasteiger charge is 2.14. The van der Waals surface area contributed by atoms with Crippen LogP contribution in [0.5, 0.6) is 0 Å². The number of nitrogens with two attached hydrogens (primary N) is 2. The summed E-state index contributed by atoms with van der Waals surface area (Å²) in [7, 11) is 0. The first-order valence-corrected chi connectivity index (χ1v) is 5.08. The van der Waals surface area contributed by atoms with Crippen molar-refractivity contribution in [3.8, 4) is 0 Å². The van der Waals surface area contributed by atoms with Crippen molar-refractivity contribution in [1.29, 1.82) is 0 Å². The van der Waals surface area contributed by atoms with Crippen LogP contribution in [0.25, 0.3) is 0 Å². The highest BCUT2D eigenvalue weighted by molar-refractivity contribution is 5.96. The second-order valence-electron chi connectivity index (χ2n) is 3.57. The molecular formula is C11H13N5O.